The van der Waals surface area contributed by atoms with Crippen LogP contribution in [-0.4, -0.2) is 47.4 Å². The predicted molar refractivity (Wildman–Crippen MR) is 82.4 cm³/mol. The molecule has 2 N–H and O–H groups in total. The topological polar surface area (TPSA) is 88.2 Å². The van der Waals surface area contributed by atoms with Gasteiger partial charge in [0.25, 0.3) is 0 Å². The van der Waals surface area contributed by atoms with Crippen molar-refractivity contribution in [3.05, 3.63) is 11.6 Å². The van der Waals surface area contributed by atoms with Gasteiger partial charge in [0.2, 0.25) is 5.91 Å². The summed E-state index contributed by atoms with van der Waals surface area (Å²) >= 11 is 0. The average Bonchev–Trinajstić information content (AvgIpc) is 3.00. The van der Waals surface area contributed by atoms with Gasteiger partial charge in [-0.2, -0.15) is 0 Å². The molecule has 1 amide bonds. The summed E-state index contributed by atoms with van der Waals surface area (Å²) in [6.45, 7) is 5.63. The van der Waals surface area contributed by atoms with Crippen LogP contribution in [0.4, 0.5) is 0 Å². The molecule has 2 fully saturated rings. The first kappa shape index (κ1) is 16.5. The van der Waals surface area contributed by atoms with Gasteiger partial charge in [-0.05, 0) is 33.1 Å². The summed E-state index contributed by atoms with van der Waals surface area (Å²) < 4.78 is 11.4. The van der Waals surface area contributed by atoms with E-state index < -0.39 is 18.1 Å². The van der Waals surface area contributed by atoms with Crippen LogP contribution in [0.1, 0.15) is 40.0 Å². The summed E-state index contributed by atoms with van der Waals surface area (Å²) in [4.78, 5) is 23.5. The van der Waals surface area contributed by atoms with Crippen LogP contribution < -0.4 is 5.32 Å². The van der Waals surface area contributed by atoms with Gasteiger partial charge in [-0.1, -0.05) is 11.6 Å². The molecular formula is C17H25NO5. The van der Waals surface area contributed by atoms with E-state index in [-0.39, 0.29) is 36.0 Å². The number of fused-ring (bicyclic) bond motifs is 3. The Kier molecular flexibility index (Phi) is 4.23. The third kappa shape index (κ3) is 3.15. The number of carbonyl (C=O) groups is 2. The quantitative estimate of drug-likeness (QED) is 0.448. The molecule has 0 bridgehead atoms. The van der Waals surface area contributed by atoms with E-state index in [1.807, 2.05) is 13.8 Å². The minimum atomic E-state index is -0.687. The van der Waals surface area contributed by atoms with E-state index in [9.17, 15) is 14.7 Å². The van der Waals surface area contributed by atoms with Crippen LogP contribution in [0.3, 0.4) is 0 Å². The van der Waals surface area contributed by atoms with E-state index in [4.69, 9.17) is 9.47 Å². The SMILES string of the molecule is CC(=O)NCC1C(=O)OC2C1C(O)CC(C)=CCCC1(C)OC21. The summed E-state index contributed by atoms with van der Waals surface area (Å²) in [6.07, 6.45) is 3.13. The third-order valence-electron chi connectivity index (χ3n) is 5.32. The van der Waals surface area contributed by atoms with Crippen LogP contribution >= 0.6 is 0 Å². The van der Waals surface area contributed by atoms with Crippen LogP contribution in [0.15, 0.2) is 11.6 Å². The number of aliphatic hydroxyl groups excluding tert-OH is 1. The molecule has 0 aromatic heterocycles. The van der Waals surface area contributed by atoms with Gasteiger partial charge in [0, 0.05) is 19.4 Å². The van der Waals surface area contributed by atoms with E-state index in [1.54, 1.807) is 0 Å². The maximum absolute atomic E-state index is 12.3. The van der Waals surface area contributed by atoms with Crippen LogP contribution in [-0.2, 0) is 19.1 Å². The Hall–Kier alpha value is -1.40. The Morgan fingerprint density at radius 3 is 2.96 bits per heavy atom. The standard InChI is InChI=1S/C17H25NO5/c1-9-5-4-6-17(3)15(23-17)14-13(12(20)7-9)11(16(21)22-14)8-18-10(2)19/h5,11-15,20H,4,6-8H2,1-3H3,(H,18,19). The highest BCUT2D eigenvalue weighted by Crippen LogP contribution is 2.50. The number of nitrogens with one attached hydrogen (secondary N) is 1. The van der Waals surface area contributed by atoms with E-state index in [1.165, 1.54) is 6.92 Å². The number of hydrogen-bond donors (Lipinski definition) is 2. The molecule has 2 saturated heterocycles. The lowest BCUT2D eigenvalue weighted by Gasteiger charge is -2.27. The Balaban J connectivity index is 1.86. The molecule has 0 spiro atoms. The van der Waals surface area contributed by atoms with Crippen molar-refractivity contribution in [3.8, 4) is 0 Å². The molecule has 128 valence electrons. The smallest absolute Gasteiger partial charge is 0.311 e. The number of hydrogen-bond acceptors (Lipinski definition) is 5. The number of rotatable bonds is 2. The molecule has 3 aliphatic rings. The van der Waals surface area contributed by atoms with Gasteiger partial charge in [-0.25, -0.2) is 0 Å². The average molecular weight is 323 g/mol. The molecule has 3 rings (SSSR count). The van der Waals surface area contributed by atoms with Gasteiger partial charge in [0.05, 0.1) is 17.6 Å². The number of carbonyl (C=O) groups excluding carboxylic acids is 2. The van der Waals surface area contributed by atoms with Gasteiger partial charge in [-0.15, -0.1) is 0 Å². The van der Waals surface area contributed by atoms with Crippen molar-refractivity contribution < 1.29 is 24.2 Å². The third-order valence-corrected chi connectivity index (χ3v) is 5.32. The molecule has 2 aliphatic heterocycles. The zero-order chi connectivity index (χ0) is 16.8. The number of aliphatic hydroxyl groups is 1. The summed E-state index contributed by atoms with van der Waals surface area (Å²) in [5.41, 5.74) is 0.816. The van der Waals surface area contributed by atoms with Gasteiger partial charge >= 0.3 is 5.97 Å². The van der Waals surface area contributed by atoms with Crippen molar-refractivity contribution in [2.24, 2.45) is 11.8 Å². The lowest BCUT2D eigenvalue weighted by atomic mass is 9.79. The molecule has 1 aliphatic carbocycles. The zero-order valence-electron chi connectivity index (χ0n) is 13.9. The highest BCUT2D eigenvalue weighted by atomic mass is 16.6. The van der Waals surface area contributed by atoms with Crippen molar-refractivity contribution in [3.63, 3.8) is 0 Å². The normalized spacial score (nSPS) is 42.9. The summed E-state index contributed by atoms with van der Waals surface area (Å²) in [7, 11) is 0. The molecule has 6 atom stereocenters. The monoisotopic (exact) mass is 323 g/mol. The minimum Gasteiger partial charge on any atom is -0.459 e. The predicted octanol–water partition coefficient (Wildman–Crippen LogP) is 0.929. The van der Waals surface area contributed by atoms with Crippen LogP contribution in [0, 0.1) is 11.8 Å². The number of epoxide rings is 1. The van der Waals surface area contributed by atoms with E-state index >= 15 is 0 Å². The Labute approximate surface area is 136 Å². The van der Waals surface area contributed by atoms with Crippen molar-refractivity contribution in [2.45, 2.75) is 63.9 Å². The Bertz CT molecular complexity index is 545. The Morgan fingerprint density at radius 1 is 1.52 bits per heavy atom. The van der Waals surface area contributed by atoms with Gasteiger partial charge in [-0.3, -0.25) is 9.59 Å². The largest absolute Gasteiger partial charge is 0.459 e. The summed E-state index contributed by atoms with van der Waals surface area (Å²) in [5.74, 6) is -1.44. The van der Waals surface area contributed by atoms with Gasteiger partial charge in [0.1, 0.15) is 12.2 Å². The second-order valence-electron chi connectivity index (χ2n) is 7.23. The molecular weight excluding hydrogens is 298 g/mol. The fraction of sp³-hybridized carbons (Fsp3) is 0.765. The number of ether oxygens (including phenoxy) is 2. The van der Waals surface area contributed by atoms with E-state index in [0.717, 1.165) is 18.4 Å². The second kappa shape index (κ2) is 5.91. The molecule has 0 saturated carbocycles. The first-order valence-electron chi connectivity index (χ1n) is 8.28. The lowest BCUT2D eigenvalue weighted by molar-refractivity contribution is -0.144. The van der Waals surface area contributed by atoms with E-state index in [2.05, 4.69) is 11.4 Å². The summed E-state index contributed by atoms with van der Waals surface area (Å²) in [5, 5.41) is 13.4. The molecule has 6 unspecified atom stereocenters. The molecule has 23 heavy (non-hydrogen) atoms. The van der Waals surface area contributed by atoms with Crippen LogP contribution in [0.25, 0.3) is 0 Å². The Morgan fingerprint density at radius 2 is 2.26 bits per heavy atom. The highest BCUT2D eigenvalue weighted by molar-refractivity contribution is 5.78. The van der Waals surface area contributed by atoms with Gasteiger partial charge < -0.3 is 19.9 Å². The molecule has 0 radical (unpaired) electrons. The van der Waals surface area contributed by atoms with Crippen LogP contribution in [0.5, 0.6) is 0 Å². The number of amides is 1. The molecule has 6 nitrogen and oxygen atoms in total. The molecule has 2 heterocycles. The van der Waals surface area contributed by atoms with Crippen molar-refractivity contribution in [2.75, 3.05) is 6.54 Å². The molecule has 0 aromatic carbocycles. The van der Waals surface area contributed by atoms with Crippen molar-refractivity contribution >= 4 is 11.9 Å². The van der Waals surface area contributed by atoms with E-state index in [0.29, 0.717) is 6.42 Å². The maximum Gasteiger partial charge on any atom is 0.311 e. The fourth-order valence-corrected chi connectivity index (χ4v) is 3.94. The molecule has 6 heteroatoms. The molecule has 0 aromatic rings. The van der Waals surface area contributed by atoms with Crippen molar-refractivity contribution in [1.82, 2.24) is 5.32 Å². The fourth-order valence-electron chi connectivity index (χ4n) is 3.94. The number of esters is 1. The minimum absolute atomic E-state index is 0.166. The zero-order valence-corrected chi connectivity index (χ0v) is 13.9. The first-order chi connectivity index (χ1) is 10.8. The second-order valence-corrected chi connectivity index (χ2v) is 7.23. The highest BCUT2D eigenvalue weighted by Gasteiger charge is 2.64. The maximum atomic E-state index is 12.3. The summed E-state index contributed by atoms with van der Waals surface area (Å²) in [6, 6.07) is 0. The number of allylic oxidation sites excluding steroid dienone is 1. The van der Waals surface area contributed by atoms with Crippen molar-refractivity contribution in [1.29, 1.82) is 0 Å². The van der Waals surface area contributed by atoms with Crippen LogP contribution in [0.2, 0.25) is 0 Å². The van der Waals surface area contributed by atoms with Gasteiger partial charge in [0.15, 0.2) is 0 Å². The first-order valence-corrected chi connectivity index (χ1v) is 8.28. The lowest BCUT2D eigenvalue weighted by Crippen LogP contribution is -2.41.